The smallest absolute Gasteiger partial charge is 0.315 e. The molecule has 0 bridgehead atoms. The number of rotatable bonds is 6. The van der Waals surface area contributed by atoms with Crippen molar-refractivity contribution in [1.82, 2.24) is 25.2 Å². The molecule has 0 atom stereocenters. The maximum absolute atomic E-state index is 11.7. The van der Waals surface area contributed by atoms with Crippen LogP contribution in [-0.2, 0) is 0 Å². The first kappa shape index (κ1) is 19.4. The quantitative estimate of drug-likeness (QED) is 0.496. The Bertz CT molecular complexity index is 958. The molecule has 0 saturated heterocycles. The van der Waals surface area contributed by atoms with Crippen LogP contribution in [0.4, 0.5) is 10.6 Å². The summed E-state index contributed by atoms with van der Waals surface area (Å²) in [5.74, 6) is 0.756. The Morgan fingerprint density at radius 2 is 2.07 bits per heavy atom. The second kappa shape index (κ2) is 8.58. The number of hydrogen-bond donors (Lipinski definition) is 3. The van der Waals surface area contributed by atoms with Crippen molar-refractivity contribution in [3.8, 4) is 11.3 Å². The van der Waals surface area contributed by atoms with Gasteiger partial charge in [-0.15, -0.1) is 0 Å². The van der Waals surface area contributed by atoms with Gasteiger partial charge in [-0.2, -0.15) is 9.61 Å². The van der Waals surface area contributed by atoms with E-state index < -0.39 is 0 Å². The minimum Gasteiger partial charge on any atom is -0.368 e. The van der Waals surface area contributed by atoms with E-state index in [0.717, 1.165) is 21.5 Å². The molecule has 3 aromatic rings. The number of urea groups is 1. The van der Waals surface area contributed by atoms with Crippen LogP contribution in [0, 0.1) is 0 Å². The van der Waals surface area contributed by atoms with Gasteiger partial charge < -0.3 is 16.0 Å². The molecule has 7 nitrogen and oxygen atoms in total. The lowest BCUT2D eigenvalue weighted by Crippen LogP contribution is -2.41. The Labute approximate surface area is 170 Å². The number of benzene rings is 1. The lowest BCUT2D eigenvalue weighted by Gasteiger charge is -2.13. The Morgan fingerprint density at radius 3 is 2.81 bits per heavy atom. The number of anilines is 1. The highest BCUT2D eigenvalue weighted by Crippen LogP contribution is 2.30. The van der Waals surface area contributed by atoms with Crippen LogP contribution in [0.5, 0.6) is 0 Å². The molecule has 2 aromatic heterocycles. The molecule has 0 unspecified atom stereocenters. The van der Waals surface area contributed by atoms with Crippen LogP contribution in [0.3, 0.4) is 0 Å². The van der Waals surface area contributed by atoms with E-state index in [1.165, 1.54) is 0 Å². The van der Waals surface area contributed by atoms with Crippen LogP contribution in [0.15, 0.2) is 41.0 Å². The number of carbonyl (C=O) groups excluding carboxylic acids is 1. The molecule has 2 amide bonds. The summed E-state index contributed by atoms with van der Waals surface area (Å²) in [6, 6.07) is 9.35. The summed E-state index contributed by atoms with van der Waals surface area (Å²) in [4.78, 5) is 16.3. The van der Waals surface area contributed by atoms with Crippen LogP contribution in [-0.4, -0.2) is 39.8 Å². The van der Waals surface area contributed by atoms with Crippen molar-refractivity contribution in [2.75, 3.05) is 18.4 Å². The highest BCUT2D eigenvalue weighted by atomic mass is 79.9. The maximum atomic E-state index is 11.7. The van der Waals surface area contributed by atoms with E-state index in [1.807, 2.05) is 44.2 Å². The van der Waals surface area contributed by atoms with Gasteiger partial charge in [0.1, 0.15) is 5.82 Å². The van der Waals surface area contributed by atoms with Crippen molar-refractivity contribution in [2.24, 2.45) is 0 Å². The molecule has 9 heteroatoms. The van der Waals surface area contributed by atoms with Gasteiger partial charge in [0.15, 0.2) is 5.65 Å². The fourth-order valence-corrected chi connectivity index (χ4v) is 3.13. The molecule has 0 aliphatic heterocycles. The standard InChI is InChI=1S/C18H20BrClN6O/c1-11(2)24-18(27)22-8-7-21-16-9-15(12-5-3-4-6-14(12)20)25-17-13(19)10-23-26(16)17/h3-6,9-11,21H,7-8H2,1-2H3,(H2,22,24,27). The normalized spacial score (nSPS) is 11.0. The fraction of sp³-hybridized carbons (Fsp3) is 0.278. The first-order valence-corrected chi connectivity index (χ1v) is 9.70. The molecule has 0 spiro atoms. The van der Waals surface area contributed by atoms with Crippen molar-refractivity contribution < 1.29 is 4.79 Å². The zero-order valence-electron chi connectivity index (χ0n) is 15.0. The second-order valence-corrected chi connectivity index (χ2v) is 7.48. The van der Waals surface area contributed by atoms with Gasteiger partial charge in [0.25, 0.3) is 0 Å². The van der Waals surface area contributed by atoms with Gasteiger partial charge in [0.2, 0.25) is 0 Å². The summed E-state index contributed by atoms with van der Waals surface area (Å²) in [6.07, 6.45) is 1.69. The van der Waals surface area contributed by atoms with Gasteiger partial charge in [-0.1, -0.05) is 29.8 Å². The van der Waals surface area contributed by atoms with Crippen molar-refractivity contribution in [1.29, 1.82) is 0 Å². The average molecular weight is 452 g/mol. The summed E-state index contributed by atoms with van der Waals surface area (Å²) in [5.41, 5.74) is 2.26. The number of amides is 2. The number of nitrogens with zero attached hydrogens (tertiary/aromatic N) is 3. The Kier molecular flexibility index (Phi) is 6.18. The number of aromatic nitrogens is 3. The molecule has 0 fully saturated rings. The minimum absolute atomic E-state index is 0.0948. The number of halogens is 2. The molecule has 3 rings (SSSR count). The van der Waals surface area contributed by atoms with Crippen molar-refractivity contribution in [3.05, 3.63) is 46.0 Å². The predicted octanol–water partition coefficient (Wildman–Crippen LogP) is 3.93. The van der Waals surface area contributed by atoms with Crippen molar-refractivity contribution >= 4 is 45.0 Å². The van der Waals surface area contributed by atoms with Gasteiger partial charge >= 0.3 is 6.03 Å². The van der Waals surface area contributed by atoms with E-state index in [1.54, 1.807) is 10.7 Å². The molecule has 0 radical (unpaired) electrons. The predicted molar refractivity (Wildman–Crippen MR) is 111 cm³/mol. The van der Waals surface area contributed by atoms with E-state index in [-0.39, 0.29) is 12.1 Å². The van der Waals surface area contributed by atoms with Crippen LogP contribution in [0.25, 0.3) is 16.9 Å². The number of hydrogen-bond acceptors (Lipinski definition) is 4. The van der Waals surface area contributed by atoms with Crippen molar-refractivity contribution in [3.63, 3.8) is 0 Å². The maximum Gasteiger partial charge on any atom is 0.315 e. The lowest BCUT2D eigenvalue weighted by molar-refractivity contribution is 0.239. The summed E-state index contributed by atoms with van der Waals surface area (Å²) in [6.45, 7) is 4.82. The number of carbonyl (C=O) groups is 1. The first-order valence-electron chi connectivity index (χ1n) is 8.53. The van der Waals surface area contributed by atoms with Crippen LogP contribution in [0.2, 0.25) is 5.02 Å². The van der Waals surface area contributed by atoms with Gasteiger partial charge in [0.05, 0.1) is 16.4 Å². The molecule has 2 heterocycles. The Morgan fingerprint density at radius 1 is 1.30 bits per heavy atom. The largest absolute Gasteiger partial charge is 0.368 e. The molecule has 27 heavy (non-hydrogen) atoms. The minimum atomic E-state index is -0.190. The second-order valence-electron chi connectivity index (χ2n) is 6.22. The third kappa shape index (κ3) is 4.70. The highest BCUT2D eigenvalue weighted by Gasteiger charge is 2.13. The van der Waals surface area contributed by atoms with E-state index in [0.29, 0.717) is 23.8 Å². The summed E-state index contributed by atoms with van der Waals surface area (Å²) < 4.78 is 2.49. The van der Waals surface area contributed by atoms with Gasteiger partial charge in [-0.3, -0.25) is 0 Å². The topological polar surface area (TPSA) is 83.4 Å². The zero-order valence-corrected chi connectivity index (χ0v) is 17.3. The molecule has 1 aromatic carbocycles. The summed E-state index contributed by atoms with van der Waals surface area (Å²) >= 11 is 9.81. The van der Waals surface area contributed by atoms with E-state index in [4.69, 9.17) is 11.6 Å². The molecule has 0 saturated carbocycles. The molecule has 0 aliphatic rings. The summed E-state index contributed by atoms with van der Waals surface area (Å²) in [7, 11) is 0. The molecular formula is C18H20BrClN6O. The Balaban J connectivity index is 1.80. The fourth-order valence-electron chi connectivity index (χ4n) is 2.55. The van der Waals surface area contributed by atoms with Crippen LogP contribution < -0.4 is 16.0 Å². The van der Waals surface area contributed by atoms with Crippen molar-refractivity contribution in [2.45, 2.75) is 19.9 Å². The van der Waals surface area contributed by atoms with Gasteiger partial charge in [-0.25, -0.2) is 9.78 Å². The van der Waals surface area contributed by atoms with Gasteiger partial charge in [0, 0.05) is 35.8 Å². The number of nitrogens with one attached hydrogen (secondary N) is 3. The lowest BCUT2D eigenvalue weighted by atomic mass is 10.1. The summed E-state index contributed by atoms with van der Waals surface area (Å²) in [5, 5.41) is 13.9. The molecular weight excluding hydrogens is 432 g/mol. The van der Waals surface area contributed by atoms with E-state index in [9.17, 15) is 4.79 Å². The third-order valence-corrected chi connectivity index (χ3v) is 4.60. The van der Waals surface area contributed by atoms with E-state index >= 15 is 0 Å². The van der Waals surface area contributed by atoms with Gasteiger partial charge in [-0.05, 0) is 35.8 Å². The SMILES string of the molecule is CC(C)NC(=O)NCCNc1cc(-c2ccccc2Cl)nc2c(Br)cnn12. The highest BCUT2D eigenvalue weighted by molar-refractivity contribution is 9.10. The zero-order chi connectivity index (χ0) is 19.4. The number of fused-ring (bicyclic) bond motifs is 1. The average Bonchev–Trinajstić information content (AvgIpc) is 2.99. The molecule has 3 N–H and O–H groups in total. The van der Waals surface area contributed by atoms with Crippen LogP contribution >= 0.6 is 27.5 Å². The monoisotopic (exact) mass is 450 g/mol. The molecule has 142 valence electrons. The third-order valence-electron chi connectivity index (χ3n) is 3.72. The molecule has 0 aliphatic carbocycles. The van der Waals surface area contributed by atoms with E-state index in [2.05, 4.69) is 42.0 Å². The Hall–Kier alpha value is -2.32. The first-order chi connectivity index (χ1) is 13.0. The van der Waals surface area contributed by atoms with Crippen LogP contribution in [0.1, 0.15) is 13.8 Å².